The fraction of sp³-hybridized carbons (Fsp3) is 0. The molecule has 25 heavy (non-hydrogen) atoms. The molecule has 1 heterocycles. The molecule has 0 saturated carbocycles. The van der Waals surface area contributed by atoms with Crippen molar-refractivity contribution >= 4 is 22.5 Å². The highest BCUT2D eigenvalue weighted by Crippen LogP contribution is 2.30. The van der Waals surface area contributed by atoms with Gasteiger partial charge >= 0.3 is 0 Å². The molecule has 0 radical (unpaired) electrons. The summed E-state index contributed by atoms with van der Waals surface area (Å²) in [5.41, 5.74) is 2.58. The van der Waals surface area contributed by atoms with Gasteiger partial charge in [0.25, 0.3) is 0 Å². The molecule has 0 aliphatic rings. The molecule has 1 N–H and O–H groups in total. The Balaban J connectivity index is 1.79. The van der Waals surface area contributed by atoms with Gasteiger partial charge in [0.2, 0.25) is 0 Å². The zero-order valence-electron chi connectivity index (χ0n) is 12.7. The van der Waals surface area contributed by atoms with Crippen molar-refractivity contribution < 1.29 is 13.9 Å². The van der Waals surface area contributed by atoms with Crippen LogP contribution in [0.3, 0.4) is 0 Å². The summed E-state index contributed by atoms with van der Waals surface area (Å²) in [6, 6.07) is 15.8. The minimum absolute atomic E-state index is 0.0261. The lowest BCUT2D eigenvalue weighted by atomic mass is 10.1. The fourth-order valence-electron chi connectivity index (χ4n) is 2.74. The van der Waals surface area contributed by atoms with Crippen LogP contribution in [0.25, 0.3) is 27.7 Å². The topological polar surface area (TPSA) is 38.1 Å². The van der Waals surface area contributed by atoms with E-state index in [-0.39, 0.29) is 10.9 Å². The summed E-state index contributed by atoms with van der Waals surface area (Å²) in [5, 5.41) is 14.5. The number of aromatic nitrogens is 2. The van der Waals surface area contributed by atoms with E-state index in [0.717, 1.165) is 17.2 Å². The lowest BCUT2D eigenvalue weighted by Crippen LogP contribution is -1.98. The molecule has 3 aromatic carbocycles. The van der Waals surface area contributed by atoms with Crippen molar-refractivity contribution in [2.75, 3.05) is 0 Å². The Morgan fingerprint density at radius 2 is 1.52 bits per heavy atom. The summed E-state index contributed by atoms with van der Waals surface area (Å²) in [4.78, 5) is 0. The van der Waals surface area contributed by atoms with Crippen molar-refractivity contribution in [2.24, 2.45) is 0 Å². The molecule has 0 amide bonds. The first-order chi connectivity index (χ1) is 12.0. The van der Waals surface area contributed by atoms with Crippen LogP contribution in [0.2, 0.25) is 5.02 Å². The maximum Gasteiger partial charge on any atom is 0.194 e. The first kappa shape index (κ1) is 15.6. The highest BCUT2D eigenvalue weighted by atomic mass is 35.5. The second kappa shape index (κ2) is 5.86. The molecule has 0 saturated heterocycles. The second-order valence-electron chi connectivity index (χ2n) is 5.57. The summed E-state index contributed by atoms with van der Waals surface area (Å²) in [7, 11) is 0. The van der Waals surface area contributed by atoms with E-state index in [1.807, 2.05) is 24.3 Å². The van der Waals surface area contributed by atoms with E-state index in [0.29, 0.717) is 10.7 Å². The van der Waals surface area contributed by atoms with E-state index in [2.05, 4.69) is 5.10 Å². The van der Waals surface area contributed by atoms with Crippen LogP contribution in [0.1, 0.15) is 0 Å². The number of rotatable bonds is 2. The second-order valence-corrected chi connectivity index (χ2v) is 6.01. The van der Waals surface area contributed by atoms with Crippen LogP contribution in [0.5, 0.6) is 5.75 Å². The third kappa shape index (κ3) is 2.62. The molecule has 0 aliphatic heterocycles. The van der Waals surface area contributed by atoms with Crippen molar-refractivity contribution in [3.8, 4) is 22.6 Å². The van der Waals surface area contributed by atoms with E-state index in [1.54, 1.807) is 24.3 Å². The zero-order valence-corrected chi connectivity index (χ0v) is 13.5. The Bertz CT molecular complexity index is 1070. The predicted octanol–water partition coefficient (Wildman–Crippen LogP) is 5.33. The number of phenols is 1. The number of nitrogens with zero attached hydrogens (tertiary/aromatic N) is 2. The van der Waals surface area contributed by atoms with Gasteiger partial charge in [-0.3, -0.25) is 0 Å². The summed E-state index contributed by atoms with van der Waals surface area (Å²) < 4.78 is 29.0. The molecular formula is C19H11ClF2N2O. The summed E-state index contributed by atoms with van der Waals surface area (Å²) in [6.07, 6.45) is 1.36. The summed E-state index contributed by atoms with van der Waals surface area (Å²) >= 11 is 5.89. The van der Waals surface area contributed by atoms with Gasteiger partial charge in [-0.05, 0) is 41.5 Å². The maximum atomic E-state index is 14.3. The number of aromatic hydroxyl groups is 1. The highest BCUT2D eigenvalue weighted by Gasteiger charge is 2.17. The Kier molecular flexibility index (Phi) is 3.66. The van der Waals surface area contributed by atoms with E-state index in [9.17, 15) is 13.9 Å². The molecule has 6 heteroatoms. The SMILES string of the molecule is Oc1c(F)cc2cnn(-c3ccc(-c4ccc(Cl)cc4)cc3)c2c1F. The Labute approximate surface area is 146 Å². The minimum atomic E-state index is -1.03. The van der Waals surface area contributed by atoms with Crippen molar-refractivity contribution in [3.05, 3.63) is 77.5 Å². The average molecular weight is 357 g/mol. The number of benzene rings is 3. The Morgan fingerprint density at radius 3 is 2.16 bits per heavy atom. The van der Waals surface area contributed by atoms with Gasteiger partial charge < -0.3 is 5.11 Å². The lowest BCUT2D eigenvalue weighted by molar-refractivity contribution is 0.399. The molecule has 0 aliphatic carbocycles. The Morgan fingerprint density at radius 1 is 0.920 bits per heavy atom. The normalized spacial score (nSPS) is 11.2. The van der Waals surface area contributed by atoms with Crippen LogP contribution >= 0.6 is 11.6 Å². The van der Waals surface area contributed by atoms with E-state index in [4.69, 9.17) is 11.6 Å². The molecule has 0 spiro atoms. The van der Waals surface area contributed by atoms with Crippen LogP contribution in [-0.4, -0.2) is 14.9 Å². The molecule has 0 atom stereocenters. The number of phenolic OH excluding ortho intramolecular Hbond substituents is 1. The third-order valence-corrected chi connectivity index (χ3v) is 4.26. The third-order valence-electron chi connectivity index (χ3n) is 4.01. The van der Waals surface area contributed by atoms with E-state index in [1.165, 1.54) is 10.9 Å². The molecule has 1 aromatic heterocycles. The molecule has 4 aromatic rings. The molecule has 3 nitrogen and oxygen atoms in total. The maximum absolute atomic E-state index is 14.3. The molecular weight excluding hydrogens is 346 g/mol. The quantitative estimate of drug-likeness (QED) is 0.527. The smallest absolute Gasteiger partial charge is 0.194 e. The van der Waals surface area contributed by atoms with Crippen LogP contribution in [-0.2, 0) is 0 Å². The molecule has 124 valence electrons. The van der Waals surface area contributed by atoms with Gasteiger partial charge in [-0.15, -0.1) is 0 Å². The van der Waals surface area contributed by atoms with Crippen molar-refractivity contribution in [3.63, 3.8) is 0 Å². The number of halogens is 3. The van der Waals surface area contributed by atoms with Crippen LogP contribution in [0, 0.1) is 11.6 Å². The van der Waals surface area contributed by atoms with Gasteiger partial charge in [-0.25, -0.2) is 13.5 Å². The van der Waals surface area contributed by atoms with Gasteiger partial charge in [0, 0.05) is 10.4 Å². The van der Waals surface area contributed by atoms with E-state index < -0.39 is 17.4 Å². The Hall–Kier alpha value is -2.92. The van der Waals surface area contributed by atoms with E-state index >= 15 is 0 Å². The highest BCUT2D eigenvalue weighted by molar-refractivity contribution is 6.30. The van der Waals surface area contributed by atoms with Crippen LogP contribution < -0.4 is 0 Å². The molecule has 0 unspecified atom stereocenters. The van der Waals surface area contributed by atoms with Crippen LogP contribution in [0.15, 0.2) is 60.8 Å². The standard InChI is InChI=1S/C19H11ClF2N2O/c20-14-5-1-11(2-6-14)12-3-7-15(8-4-12)24-18-13(10-23-24)9-16(21)19(25)17(18)22/h1-10,25H. The average Bonchev–Trinajstić information content (AvgIpc) is 3.04. The largest absolute Gasteiger partial charge is 0.503 e. The van der Waals surface area contributed by atoms with Crippen molar-refractivity contribution in [1.82, 2.24) is 9.78 Å². The van der Waals surface area contributed by atoms with Gasteiger partial charge in [0.15, 0.2) is 17.4 Å². The van der Waals surface area contributed by atoms with Gasteiger partial charge in [0.05, 0.1) is 11.9 Å². The van der Waals surface area contributed by atoms with Gasteiger partial charge in [-0.1, -0.05) is 35.9 Å². The predicted molar refractivity (Wildman–Crippen MR) is 93.1 cm³/mol. The van der Waals surface area contributed by atoms with Gasteiger partial charge in [0.1, 0.15) is 5.52 Å². The van der Waals surface area contributed by atoms with Crippen molar-refractivity contribution in [1.29, 1.82) is 0 Å². The van der Waals surface area contributed by atoms with Crippen LogP contribution in [0.4, 0.5) is 8.78 Å². The fourth-order valence-corrected chi connectivity index (χ4v) is 2.87. The summed E-state index contributed by atoms with van der Waals surface area (Å²) in [5.74, 6) is -3.05. The molecule has 0 bridgehead atoms. The zero-order chi connectivity index (χ0) is 17.6. The summed E-state index contributed by atoms with van der Waals surface area (Å²) in [6.45, 7) is 0. The lowest BCUT2D eigenvalue weighted by Gasteiger charge is -2.07. The number of hydrogen-bond donors (Lipinski definition) is 1. The number of hydrogen-bond acceptors (Lipinski definition) is 2. The minimum Gasteiger partial charge on any atom is -0.503 e. The first-order valence-corrected chi connectivity index (χ1v) is 7.83. The molecule has 0 fully saturated rings. The first-order valence-electron chi connectivity index (χ1n) is 7.45. The van der Waals surface area contributed by atoms with Crippen molar-refractivity contribution in [2.45, 2.75) is 0 Å². The van der Waals surface area contributed by atoms with Gasteiger partial charge in [-0.2, -0.15) is 5.10 Å². The number of fused-ring (bicyclic) bond motifs is 1. The molecule has 4 rings (SSSR count). The monoisotopic (exact) mass is 356 g/mol.